The summed E-state index contributed by atoms with van der Waals surface area (Å²) in [5.74, 6) is 0.979. The number of carbonyl (C=O) groups excluding carboxylic acids is 3. The second-order valence-electron chi connectivity index (χ2n) is 21.1. The number of nitrogens with one attached hydrogen (secondary N) is 3. The van der Waals surface area contributed by atoms with Gasteiger partial charge < -0.3 is 30.5 Å². The van der Waals surface area contributed by atoms with Gasteiger partial charge in [-0.05, 0) is 104 Å². The number of carbonyl (C=O) groups is 3. The summed E-state index contributed by atoms with van der Waals surface area (Å²) in [7, 11) is 0. The van der Waals surface area contributed by atoms with Crippen molar-refractivity contribution in [3.63, 3.8) is 0 Å². The van der Waals surface area contributed by atoms with Crippen LogP contribution in [0.2, 0.25) is 5.02 Å². The number of rotatable bonds is 15. The molecule has 0 spiro atoms. The van der Waals surface area contributed by atoms with Crippen molar-refractivity contribution in [3.8, 4) is 33.4 Å². The molecule has 374 valence electrons. The number of benzene rings is 3. The van der Waals surface area contributed by atoms with Crippen molar-refractivity contribution in [2.24, 2.45) is 16.7 Å². The van der Waals surface area contributed by atoms with E-state index in [4.69, 9.17) is 26.4 Å². The van der Waals surface area contributed by atoms with E-state index in [1.54, 1.807) is 45.3 Å². The predicted octanol–water partition coefficient (Wildman–Crippen LogP) is 10.3. The number of aryl methyl sites for hydroxylation is 1. The fourth-order valence-electron chi connectivity index (χ4n) is 11.3. The molecule has 3 fully saturated rings. The monoisotopic (exact) mass is 1010 g/mol. The van der Waals surface area contributed by atoms with Crippen molar-refractivity contribution in [1.29, 1.82) is 5.26 Å². The Morgan fingerprint density at radius 2 is 1.65 bits per heavy atom. The quantitative estimate of drug-likeness (QED) is 0.0900. The molecule has 1 saturated carbocycles. The first kappa shape index (κ1) is 50.2. The zero-order valence-corrected chi connectivity index (χ0v) is 43.7. The minimum Gasteiger partial charge on any atom is -0.489 e. The summed E-state index contributed by atoms with van der Waals surface area (Å²) >= 11 is 7.89. The Morgan fingerprint density at radius 3 is 2.33 bits per heavy atom. The average molecular weight is 1010 g/mol. The highest BCUT2D eigenvalue weighted by Gasteiger charge is 2.64. The number of likely N-dealkylation sites (tertiary alicyclic amines) is 1. The Balaban J connectivity index is 0.782. The van der Waals surface area contributed by atoms with Crippen LogP contribution in [0.25, 0.3) is 21.6 Å². The van der Waals surface area contributed by atoms with Gasteiger partial charge in [0.15, 0.2) is 0 Å². The summed E-state index contributed by atoms with van der Waals surface area (Å²) in [6, 6.07) is 25.7. The molecule has 0 radical (unpaired) electrons. The van der Waals surface area contributed by atoms with Gasteiger partial charge in [0, 0.05) is 77.8 Å². The SMILES string of the molecule is Cc1ncsc1-c1ccc([C@H](C)NC(=O)[C@@H]2CCCN2C(=O)C(C(C)C)n2cc(-c3ccnc(N4CC[C@@H](Nc5ccc(C(=O)NC6C(C)(C)C(Oc7ccc(C#N)c(Cl)c7)C6(C)C)cc5)C4)c3)cn2)cc1. The van der Waals surface area contributed by atoms with Gasteiger partial charge in [0.2, 0.25) is 11.8 Å². The van der Waals surface area contributed by atoms with Crippen LogP contribution < -0.4 is 25.6 Å². The van der Waals surface area contributed by atoms with E-state index in [9.17, 15) is 19.6 Å². The van der Waals surface area contributed by atoms with Crippen molar-refractivity contribution in [3.05, 3.63) is 130 Å². The van der Waals surface area contributed by atoms with E-state index >= 15 is 0 Å². The van der Waals surface area contributed by atoms with Crippen molar-refractivity contribution < 1.29 is 19.1 Å². The van der Waals surface area contributed by atoms with Crippen LogP contribution in [0.3, 0.4) is 0 Å². The van der Waals surface area contributed by atoms with Gasteiger partial charge in [-0.1, -0.05) is 77.4 Å². The van der Waals surface area contributed by atoms with Crippen molar-refractivity contribution in [1.82, 2.24) is 35.3 Å². The average Bonchev–Trinajstić information content (AvgIpc) is 4.22. The number of aromatic nitrogens is 4. The molecule has 2 saturated heterocycles. The van der Waals surface area contributed by atoms with E-state index in [2.05, 4.69) is 77.8 Å². The number of ether oxygens (including phenoxy) is 1. The summed E-state index contributed by atoms with van der Waals surface area (Å²) in [5, 5.41) is 24.5. The van der Waals surface area contributed by atoms with Crippen LogP contribution in [0.1, 0.15) is 107 Å². The molecule has 5 heterocycles. The number of amides is 3. The summed E-state index contributed by atoms with van der Waals surface area (Å²) in [6.45, 7) is 18.5. The Bertz CT molecular complexity index is 2980. The lowest BCUT2D eigenvalue weighted by Crippen LogP contribution is -2.74. The second-order valence-corrected chi connectivity index (χ2v) is 22.3. The Morgan fingerprint density at radius 1 is 0.903 bits per heavy atom. The third-order valence-electron chi connectivity index (χ3n) is 14.9. The number of anilines is 2. The lowest BCUT2D eigenvalue weighted by Gasteiger charge is -2.63. The molecule has 3 aliphatic rings. The van der Waals surface area contributed by atoms with E-state index in [1.807, 2.05) is 88.1 Å². The van der Waals surface area contributed by atoms with Gasteiger partial charge in [0.1, 0.15) is 35.8 Å². The molecule has 9 rings (SSSR count). The number of pyridine rings is 1. The van der Waals surface area contributed by atoms with Crippen LogP contribution >= 0.6 is 22.9 Å². The van der Waals surface area contributed by atoms with E-state index in [0.29, 0.717) is 34.9 Å². The van der Waals surface area contributed by atoms with Crippen LogP contribution in [-0.4, -0.2) is 86.2 Å². The number of nitriles is 1. The van der Waals surface area contributed by atoms with Crippen LogP contribution in [0.5, 0.6) is 5.75 Å². The summed E-state index contributed by atoms with van der Waals surface area (Å²) in [6.07, 6.45) is 7.61. The summed E-state index contributed by atoms with van der Waals surface area (Å²) in [5.41, 5.74) is 7.92. The highest BCUT2D eigenvalue weighted by Crippen LogP contribution is 2.55. The molecule has 3 aromatic carbocycles. The molecule has 3 N–H and O–H groups in total. The molecule has 14 nitrogen and oxygen atoms in total. The molecule has 1 unspecified atom stereocenters. The van der Waals surface area contributed by atoms with Gasteiger partial charge in [-0.2, -0.15) is 10.4 Å². The molecular formula is C56H63ClN10O4S. The first-order valence-corrected chi connectivity index (χ1v) is 26.1. The largest absolute Gasteiger partial charge is 0.489 e. The Kier molecular flexibility index (Phi) is 14.2. The highest BCUT2D eigenvalue weighted by atomic mass is 35.5. The first-order chi connectivity index (χ1) is 34.4. The van der Waals surface area contributed by atoms with Crippen molar-refractivity contribution in [2.75, 3.05) is 29.9 Å². The van der Waals surface area contributed by atoms with Crippen LogP contribution in [-0.2, 0) is 9.59 Å². The molecule has 0 bridgehead atoms. The third kappa shape index (κ3) is 10.0. The summed E-state index contributed by atoms with van der Waals surface area (Å²) in [4.78, 5) is 56.1. The molecule has 3 amide bonds. The number of thiazole rings is 1. The van der Waals surface area contributed by atoms with Gasteiger partial charge in [0.25, 0.3) is 5.91 Å². The van der Waals surface area contributed by atoms with E-state index in [1.165, 1.54) is 0 Å². The number of hydrogen-bond acceptors (Lipinski definition) is 11. The van der Waals surface area contributed by atoms with Crippen LogP contribution in [0, 0.1) is 35.0 Å². The predicted molar refractivity (Wildman–Crippen MR) is 283 cm³/mol. The maximum absolute atomic E-state index is 14.4. The van der Waals surface area contributed by atoms with E-state index < -0.39 is 12.1 Å². The molecule has 1 aliphatic carbocycles. The standard InChI is InChI=1S/C56H63ClN10O4S/c1-33(2)48(52(70)66-24-9-10-46(66)51(69)62-34(3)36-11-13-37(14-12-36)49-35(4)60-32-72-49)67-30-41(29-61-67)39-21-23-59-47(26-39)65-25-22-43(31-65)63-42-18-15-38(16-19-42)50(68)64-53-55(5,6)54(56(53,7)8)71-44-20-17-40(28-58)45(57)27-44/h11-21,23,26-27,29-30,32-34,43,46,48,53-54,63H,9-10,22,24-25,31H2,1-8H3,(H,62,69)(H,64,68)/t34-,43+,46-,48?,53?,54?/m0/s1. The lowest BCUT2D eigenvalue weighted by atomic mass is 9.49. The molecule has 2 aliphatic heterocycles. The maximum Gasteiger partial charge on any atom is 0.251 e. The Hall–Kier alpha value is -6.76. The third-order valence-corrected chi connectivity index (χ3v) is 16.2. The molecule has 3 aromatic heterocycles. The topological polar surface area (TPSA) is 170 Å². The number of hydrogen-bond donors (Lipinski definition) is 3. The summed E-state index contributed by atoms with van der Waals surface area (Å²) < 4.78 is 8.16. The normalized spacial score (nSPS) is 20.8. The van der Waals surface area contributed by atoms with Gasteiger partial charge in [0.05, 0.1) is 38.9 Å². The zero-order valence-electron chi connectivity index (χ0n) is 42.1. The zero-order chi connectivity index (χ0) is 51.1. The minimum absolute atomic E-state index is 0.0748. The molecule has 4 atom stereocenters. The number of nitrogens with zero attached hydrogens (tertiary/aromatic N) is 7. The highest BCUT2D eigenvalue weighted by molar-refractivity contribution is 7.13. The molecule has 72 heavy (non-hydrogen) atoms. The van der Waals surface area contributed by atoms with E-state index in [-0.39, 0.29) is 58.7 Å². The number of halogens is 1. The lowest BCUT2D eigenvalue weighted by molar-refractivity contribution is -0.164. The molecular weight excluding hydrogens is 944 g/mol. The van der Waals surface area contributed by atoms with Gasteiger partial charge >= 0.3 is 0 Å². The fraction of sp³-hybridized carbons (Fsp3) is 0.411. The smallest absolute Gasteiger partial charge is 0.251 e. The van der Waals surface area contributed by atoms with Crippen molar-refractivity contribution in [2.45, 2.75) is 111 Å². The van der Waals surface area contributed by atoms with Gasteiger partial charge in [-0.15, -0.1) is 11.3 Å². The fourth-order valence-corrected chi connectivity index (χ4v) is 12.4. The minimum atomic E-state index is -0.583. The van der Waals surface area contributed by atoms with Crippen molar-refractivity contribution >= 4 is 52.2 Å². The molecule has 6 aromatic rings. The molecule has 16 heteroatoms. The van der Waals surface area contributed by atoms with Gasteiger partial charge in [-0.3, -0.25) is 19.1 Å². The Labute approximate surface area is 431 Å². The maximum atomic E-state index is 14.4. The van der Waals surface area contributed by atoms with Crippen LogP contribution in [0.15, 0.2) is 103 Å². The van der Waals surface area contributed by atoms with E-state index in [0.717, 1.165) is 70.3 Å². The van der Waals surface area contributed by atoms with Crippen LogP contribution in [0.4, 0.5) is 11.5 Å². The first-order valence-electron chi connectivity index (χ1n) is 24.8. The second kappa shape index (κ2) is 20.4. The van der Waals surface area contributed by atoms with Gasteiger partial charge in [-0.25, -0.2) is 9.97 Å².